The molecule has 1 aromatic heterocycles. The number of para-hydroxylation sites is 2. The Morgan fingerprint density at radius 2 is 1.41 bits per heavy atom. The van der Waals surface area contributed by atoms with Gasteiger partial charge in [0.2, 0.25) is 0 Å². The molecule has 6 nitrogen and oxygen atoms in total. The third kappa shape index (κ3) is 3.90. The highest BCUT2D eigenvalue weighted by molar-refractivity contribution is 8.00. The molecule has 0 saturated carbocycles. The number of hydrogen-bond acceptors (Lipinski definition) is 7. The van der Waals surface area contributed by atoms with Crippen molar-refractivity contribution in [3.8, 4) is 11.5 Å². The van der Waals surface area contributed by atoms with E-state index in [0.29, 0.717) is 24.8 Å². The van der Waals surface area contributed by atoms with Crippen molar-refractivity contribution < 1.29 is 9.47 Å². The third-order valence-corrected chi connectivity index (χ3v) is 5.19. The summed E-state index contributed by atoms with van der Waals surface area (Å²) < 4.78 is 14.6. The van der Waals surface area contributed by atoms with Gasteiger partial charge in [0, 0.05) is 16.6 Å². The van der Waals surface area contributed by atoms with Gasteiger partial charge in [-0.25, -0.2) is 9.97 Å². The fourth-order valence-electron chi connectivity index (χ4n) is 3.01. The normalized spacial score (nSPS) is 12.6. The molecule has 29 heavy (non-hydrogen) atoms. The first-order valence-corrected chi connectivity index (χ1v) is 10.1. The molecule has 0 spiro atoms. The van der Waals surface area contributed by atoms with Crippen LogP contribution >= 0.6 is 11.9 Å². The van der Waals surface area contributed by atoms with Crippen molar-refractivity contribution in [2.75, 3.05) is 23.3 Å². The molecular weight excluding hydrogens is 384 g/mol. The van der Waals surface area contributed by atoms with Gasteiger partial charge < -0.3 is 19.5 Å². The monoisotopic (exact) mass is 402 g/mol. The molecule has 1 aliphatic rings. The summed E-state index contributed by atoms with van der Waals surface area (Å²) in [5.74, 6) is 2.78. The summed E-state index contributed by atoms with van der Waals surface area (Å²) >= 11 is 1.49. The quantitative estimate of drug-likeness (QED) is 0.441. The lowest BCUT2D eigenvalue weighted by Crippen LogP contribution is -2.15. The second kappa shape index (κ2) is 7.89. The lowest BCUT2D eigenvalue weighted by molar-refractivity contribution is 0.171. The van der Waals surface area contributed by atoms with Gasteiger partial charge in [0.25, 0.3) is 0 Å². The molecule has 144 valence electrons. The fraction of sp³-hybridized carbons (Fsp3) is 0.0909. The molecule has 0 atom stereocenters. The first-order chi connectivity index (χ1) is 14.3. The third-order valence-electron chi connectivity index (χ3n) is 4.38. The second-order valence-electron chi connectivity index (χ2n) is 6.41. The largest absolute Gasteiger partial charge is 0.486 e. The van der Waals surface area contributed by atoms with Crippen molar-refractivity contribution in [2.45, 2.75) is 4.90 Å². The van der Waals surface area contributed by atoms with Gasteiger partial charge in [-0.15, -0.1) is 0 Å². The number of aromatic nitrogens is 2. The van der Waals surface area contributed by atoms with Crippen LogP contribution in [-0.4, -0.2) is 23.2 Å². The van der Waals surface area contributed by atoms with Gasteiger partial charge >= 0.3 is 0 Å². The number of nitrogens with zero attached hydrogens (tertiary/aromatic N) is 2. The predicted molar refractivity (Wildman–Crippen MR) is 116 cm³/mol. The lowest BCUT2D eigenvalue weighted by atomic mass is 10.2. The van der Waals surface area contributed by atoms with Gasteiger partial charge in [-0.05, 0) is 48.3 Å². The minimum atomic E-state index is 0.548. The van der Waals surface area contributed by atoms with Gasteiger partial charge in [0.05, 0.1) is 11.0 Å². The second-order valence-corrected chi connectivity index (χ2v) is 7.29. The van der Waals surface area contributed by atoms with E-state index in [1.807, 2.05) is 72.8 Å². The smallest absolute Gasteiger partial charge is 0.180 e. The van der Waals surface area contributed by atoms with Crippen molar-refractivity contribution >= 4 is 40.3 Å². The molecule has 4 aromatic rings. The summed E-state index contributed by atoms with van der Waals surface area (Å²) in [6.45, 7) is 1.12. The number of nitrogens with one attached hydrogen (secondary N) is 2. The van der Waals surface area contributed by atoms with Crippen LogP contribution in [0.25, 0.3) is 11.0 Å². The van der Waals surface area contributed by atoms with Crippen LogP contribution in [0.4, 0.5) is 17.3 Å². The molecule has 7 heteroatoms. The van der Waals surface area contributed by atoms with Crippen LogP contribution in [0.15, 0.2) is 77.7 Å². The van der Waals surface area contributed by atoms with Gasteiger partial charge in [-0.2, -0.15) is 0 Å². The number of fused-ring (bicyclic) bond motifs is 2. The number of benzene rings is 3. The highest BCUT2D eigenvalue weighted by Gasteiger charge is 2.14. The van der Waals surface area contributed by atoms with Crippen molar-refractivity contribution in [3.63, 3.8) is 0 Å². The van der Waals surface area contributed by atoms with Gasteiger partial charge in [-0.1, -0.05) is 30.3 Å². The average Bonchev–Trinajstić information content (AvgIpc) is 2.78. The summed E-state index contributed by atoms with van der Waals surface area (Å²) in [5.41, 5.74) is 2.51. The van der Waals surface area contributed by atoms with E-state index >= 15 is 0 Å². The number of ether oxygens (including phenoxy) is 2. The first-order valence-electron chi connectivity index (χ1n) is 9.26. The zero-order valence-electron chi connectivity index (χ0n) is 15.5. The predicted octanol–water partition coefficient (Wildman–Crippen LogP) is 5.26. The lowest BCUT2D eigenvalue weighted by Gasteiger charge is -2.19. The van der Waals surface area contributed by atoms with Gasteiger partial charge in [0.1, 0.15) is 13.2 Å². The number of rotatable bonds is 5. The maximum absolute atomic E-state index is 5.69. The Labute approximate surface area is 172 Å². The van der Waals surface area contributed by atoms with Crippen LogP contribution < -0.4 is 19.5 Å². The van der Waals surface area contributed by atoms with E-state index in [1.165, 1.54) is 11.9 Å². The molecule has 2 N–H and O–H groups in total. The Kier molecular flexibility index (Phi) is 4.80. The molecule has 0 radical (unpaired) electrons. The molecule has 1 aliphatic heterocycles. The standard InChI is InChI=1S/C22H18N4O2S/c1-2-6-16(7-3-1)29-26-22-21(24-17-8-4-5-9-18(17)25-22)23-15-10-11-19-20(14-15)28-13-12-27-19/h1-11,14H,12-13H2,(H,23,24)(H,25,26). The fourth-order valence-corrected chi connectivity index (χ4v) is 3.66. The average molecular weight is 402 g/mol. The van der Waals surface area contributed by atoms with Gasteiger partial charge in [-0.3, -0.25) is 0 Å². The molecule has 5 rings (SSSR count). The van der Waals surface area contributed by atoms with Crippen molar-refractivity contribution in [2.24, 2.45) is 0 Å². The van der Waals surface area contributed by atoms with Gasteiger partial charge in [0.15, 0.2) is 23.1 Å². The van der Waals surface area contributed by atoms with Crippen LogP contribution in [0.2, 0.25) is 0 Å². The van der Waals surface area contributed by atoms with Crippen LogP contribution in [0.5, 0.6) is 11.5 Å². The molecule has 0 unspecified atom stereocenters. The van der Waals surface area contributed by atoms with Crippen LogP contribution in [0.3, 0.4) is 0 Å². The summed E-state index contributed by atoms with van der Waals surface area (Å²) in [6, 6.07) is 23.7. The SMILES string of the molecule is c1ccc(SNc2nc3ccccc3nc2Nc2ccc3c(c2)OCCO3)cc1. The van der Waals surface area contributed by atoms with E-state index in [1.54, 1.807) is 0 Å². The van der Waals surface area contributed by atoms with E-state index in [0.717, 1.165) is 33.1 Å². The highest BCUT2D eigenvalue weighted by Crippen LogP contribution is 2.35. The Morgan fingerprint density at radius 1 is 0.724 bits per heavy atom. The summed E-state index contributed by atoms with van der Waals surface area (Å²) in [4.78, 5) is 10.6. The Hall–Kier alpha value is -3.45. The minimum Gasteiger partial charge on any atom is -0.486 e. The van der Waals surface area contributed by atoms with E-state index < -0.39 is 0 Å². The molecule has 0 fully saturated rings. The topological polar surface area (TPSA) is 68.3 Å². The number of hydrogen-bond donors (Lipinski definition) is 2. The van der Waals surface area contributed by atoms with E-state index in [9.17, 15) is 0 Å². The molecule has 0 aliphatic carbocycles. The van der Waals surface area contributed by atoms with E-state index in [2.05, 4.69) is 10.0 Å². The van der Waals surface area contributed by atoms with E-state index in [-0.39, 0.29) is 0 Å². The Bertz CT molecular complexity index is 1150. The van der Waals surface area contributed by atoms with Crippen LogP contribution in [-0.2, 0) is 0 Å². The summed E-state index contributed by atoms with van der Waals surface area (Å²) in [5, 5.41) is 3.37. The van der Waals surface area contributed by atoms with Crippen molar-refractivity contribution in [1.82, 2.24) is 9.97 Å². The molecule has 0 saturated heterocycles. The van der Waals surface area contributed by atoms with Crippen LogP contribution in [0, 0.1) is 0 Å². The maximum atomic E-state index is 5.69. The summed E-state index contributed by atoms with van der Waals surface area (Å²) in [7, 11) is 0. The Balaban J connectivity index is 1.47. The maximum Gasteiger partial charge on any atom is 0.180 e. The van der Waals surface area contributed by atoms with Crippen LogP contribution in [0.1, 0.15) is 0 Å². The molecule has 0 amide bonds. The summed E-state index contributed by atoms with van der Waals surface area (Å²) in [6.07, 6.45) is 0. The highest BCUT2D eigenvalue weighted by atomic mass is 32.2. The Morgan fingerprint density at radius 3 is 2.21 bits per heavy atom. The van der Waals surface area contributed by atoms with Crippen molar-refractivity contribution in [1.29, 1.82) is 0 Å². The minimum absolute atomic E-state index is 0.548. The molecule has 2 heterocycles. The first kappa shape index (κ1) is 17.6. The molecular formula is C22H18N4O2S. The van der Waals surface area contributed by atoms with Crippen molar-refractivity contribution in [3.05, 3.63) is 72.8 Å². The zero-order valence-corrected chi connectivity index (χ0v) is 16.3. The number of anilines is 3. The zero-order chi connectivity index (χ0) is 19.5. The van der Waals surface area contributed by atoms with E-state index in [4.69, 9.17) is 19.4 Å². The molecule has 0 bridgehead atoms. The molecule has 3 aromatic carbocycles.